The summed E-state index contributed by atoms with van der Waals surface area (Å²) < 4.78 is 34.2. The zero-order chi connectivity index (χ0) is 18.2. The summed E-state index contributed by atoms with van der Waals surface area (Å²) in [6.07, 6.45) is 4.98. The first-order valence-corrected chi connectivity index (χ1v) is 8.57. The summed E-state index contributed by atoms with van der Waals surface area (Å²) in [6.45, 7) is -1.68. The lowest BCUT2D eigenvalue weighted by atomic mass is 10.2. The third-order valence-electron chi connectivity index (χ3n) is 4.34. The van der Waals surface area contributed by atoms with Gasteiger partial charge >= 0.3 is 6.61 Å². The molecule has 0 heterocycles. The van der Waals surface area contributed by atoms with Gasteiger partial charge in [0, 0.05) is 25.6 Å². The van der Waals surface area contributed by atoms with Crippen molar-refractivity contribution in [2.24, 2.45) is 0 Å². The number of amides is 1. The second-order valence-electron chi connectivity index (χ2n) is 6.40. The van der Waals surface area contributed by atoms with Crippen molar-refractivity contribution in [2.75, 3.05) is 20.7 Å². The number of hydrogen-bond acceptors (Lipinski definition) is 4. The number of carbonyl (C=O) groups excluding carboxylic acids is 1. The van der Waals surface area contributed by atoms with Gasteiger partial charge in [0.2, 0.25) is 5.91 Å². The van der Waals surface area contributed by atoms with E-state index in [0.29, 0.717) is 25.6 Å². The Balaban J connectivity index is 1.80. The molecule has 0 radical (unpaired) electrons. The van der Waals surface area contributed by atoms with Crippen LogP contribution >= 0.6 is 0 Å². The summed E-state index contributed by atoms with van der Waals surface area (Å²) >= 11 is 0. The fourth-order valence-corrected chi connectivity index (χ4v) is 3.06. The molecule has 0 aliphatic heterocycles. The van der Waals surface area contributed by atoms with Crippen molar-refractivity contribution in [3.8, 4) is 11.5 Å². The van der Waals surface area contributed by atoms with E-state index in [1.165, 1.54) is 26.0 Å². The van der Waals surface area contributed by atoms with E-state index in [-0.39, 0.29) is 17.4 Å². The number of hydrogen-bond donors (Lipinski definition) is 1. The van der Waals surface area contributed by atoms with E-state index in [2.05, 4.69) is 10.1 Å². The zero-order valence-electron chi connectivity index (χ0n) is 14.8. The van der Waals surface area contributed by atoms with Gasteiger partial charge in [0.25, 0.3) is 0 Å². The van der Waals surface area contributed by atoms with Crippen molar-refractivity contribution < 1.29 is 23.0 Å². The smallest absolute Gasteiger partial charge is 0.387 e. The average molecular weight is 356 g/mol. The lowest BCUT2D eigenvalue weighted by Crippen LogP contribution is -2.34. The topological polar surface area (TPSA) is 50.8 Å². The van der Waals surface area contributed by atoms with Crippen LogP contribution in [0, 0.1) is 0 Å². The number of alkyl halides is 2. The van der Waals surface area contributed by atoms with Gasteiger partial charge in [-0.2, -0.15) is 8.78 Å². The normalized spacial score (nSPS) is 15.0. The lowest BCUT2D eigenvalue weighted by Gasteiger charge is -2.19. The molecule has 1 aromatic rings. The highest BCUT2D eigenvalue weighted by atomic mass is 19.3. The van der Waals surface area contributed by atoms with Crippen LogP contribution in [-0.4, -0.2) is 44.2 Å². The lowest BCUT2D eigenvalue weighted by molar-refractivity contribution is -0.122. The van der Waals surface area contributed by atoms with E-state index in [4.69, 9.17) is 4.74 Å². The Kier molecular flexibility index (Phi) is 7.43. The van der Waals surface area contributed by atoms with Gasteiger partial charge in [0.1, 0.15) is 0 Å². The Morgan fingerprint density at radius 3 is 2.68 bits per heavy atom. The first-order valence-electron chi connectivity index (χ1n) is 8.57. The molecule has 1 saturated carbocycles. The highest BCUT2D eigenvalue weighted by molar-refractivity contribution is 5.76. The molecule has 0 saturated heterocycles. The van der Waals surface area contributed by atoms with Gasteiger partial charge in [-0.25, -0.2) is 0 Å². The minimum Gasteiger partial charge on any atom is -0.493 e. The SMILES string of the molecule is COc1cc(CN(C)CCC(=O)NC2CCCC2)ccc1OC(F)F. The average Bonchev–Trinajstić information content (AvgIpc) is 3.07. The second kappa shape index (κ2) is 9.56. The van der Waals surface area contributed by atoms with Gasteiger partial charge < -0.3 is 19.7 Å². The van der Waals surface area contributed by atoms with Crippen LogP contribution in [-0.2, 0) is 11.3 Å². The maximum atomic E-state index is 12.3. The molecule has 0 spiro atoms. The third-order valence-corrected chi connectivity index (χ3v) is 4.34. The molecule has 1 aromatic carbocycles. The monoisotopic (exact) mass is 356 g/mol. The number of benzene rings is 1. The Morgan fingerprint density at radius 1 is 1.32 bits per heavy atom. The predicted molar refractivity (Wildman–Crippen MR) is 91.0 cm³/mol. The summed E-state index contributed by atoms with van der Waals surface area (Å²) in [6, 6.07) is 5.20. The van der Waals surface area contributed by atoms with Crippen LogP contribution in [0.25, 0.3) is 0 Å². The van der Waals surface area contributed by atoms with Gasteiger partial charge in [-0.1, -0.05) is 18.9 Å². The van der Waals surface area contributed by atoms with Crippen LogP contribution in [0.4, 0.5) is 8.78 Å². The van der Waals surface area contributed by atoms with Crippen molar-refractivity contribution in [3.05, 3.63) is 23.8 Å². The molecule has 0 atom stereocenters. The van der Waals surface area contributed by atoms with Gasteiger partial charge in [0.05, 0.1) is 7.11 Å². The number of ether oxygens (including phenoxy) is 2. The second-order valence-corrected chi connectivity index (χ2v) is 6.40. The molecular formula is C18H26F2N2O3. The van der Waals surface area contributed by atoms with Gasteiger partial charge in [-0.3, -0.25) is 4.79 Å². The number of nitrogens with one attached hydrogen (secondary N) is 1. The molecule has 0 aromatic heterocycles. The summed E-state index contributed by atoms with van der Waals surface area (Å²) in [7, 11) is 3.33. The summed E-state index contributed by atoms with van der Waals surface area (Å²) in [4.78, 5) is 14.0. The number of halogens is 2. The van der Waals surface area contributed by atoms with E-state index >= 15 is 0 Å². The molecular weight excluding hydrogens is 330 g/mol. The Bertz CT molecular complexity index is 563. The van der Waals surface area contributed by atoms with Crippen LogP contribution in [0.5, 0.6) is 11.5 Å². The fraction of sp³-hybridized carbons (Fsp3) is 0.611. The molecule has 0 unspecified atom stereocenters. The van der Waals surface area contributed by atoms with Gasteiger partial charge in [0.15, 0.2) is 11.5 Å². The summed E-state index contributed by atoms with van der Waals surface area (Å²) in [5.74, 6) is 0.363. The van der Waals surface area contributed by atoms with Gasteiger partial charge in [-0.05, 0) is 37.6 Å². The third kappa shape index (κ3) is 6.49. The van der Waals surface area contributed by atoms with E-state index in [9.17, 15) is 13.6 Å². The molecule has 5 nitrogen and oxygen atoms in total. The van der Waals surface area contributed by atoms with Crippen molar-refractivity contribution in [2.45, 2.75) is 51.3 Å². The van der Waals surface area contributed by atoms with E-state index in [1.54, 1.807) is 12.1 Å². The van der Waals surface area contributed by atoms with Crippen LogP contribution in [0.15, 0.2) is 18.2 Å². The predicted octanol–water partition coefficient (Wildman–Crippen LogP) is 3.18. The fourth-order valence-electron chi connectivity index (χ4n) is 3.06. The van der Waals surface area contributed by atoms with Gasteiger partial charge in [-0.15, -0.1) is 0 Å². The molecule has 1 aliphatic carbocycles. The minimum absolute atomic E-state index is 0.0137. The van der Waals surface area contributed by atoms with Crippen molar-refractivity contribution >= 4 is 5.91 Å². The summed E-state index contributed by atoms with van der Waals surface area (Å²) in [5.41, 5.74) is 0.900. The quantitative estimate of drug-likeness (QED) is 0.738. The van der Waals surface area contributed by atoms with E-state index in [1.807, 2.05) is 11.9 Å². The molecule has 2 rings (SSSR count). The largest absolute Gasteiger partial charge is 0.493 e. The highest BCUT2D eigenvalue weighted by Gasteiger charge is 2.17. The maximum Gasteiger partial charge on any atom is 0.387 e. The number of carbonyl (C=O) groups is 1. The standard InChI is InChI=1S/C18H26F2N2O3/c1-22(10-9-17(23)21-14-5-3-4-6-14)12-13-7-8-15(25-18(19)20)16(11-13)24-2/h7-8,11,14,18H,3-6,9-10,12H2,1-2H3,(H,21,23). The Hall–Kier alpha value is -1.89. The van der Waals surface area contributed by atoms with Crippen LogP contribution in [0.1, 0.15) is 37.7 Å². The zero-order valence-corrected chi connectivity index (χ0v) is 14.8. The highest BCUT2D eigenvalue weighted by Crippen LogP contribution is 2.29. The Morgan fingerprint density at radius 2 is 2.04 bits per heavy atom. The molecule has 25 heavy (non-hydrogen) atoms. The molecule has 7 heteroatoms. The maximum absolute atomic E-state index is 12.3. The first-order chi connectivity index (χ1) is 12.0. The van der Waals surface area contributed by atoms with Crippen molar-refractivity contribution in [1.29, 1.82) is 0 Å². The van der Waals surface area contributed by atoms with Crippen molar-refractivity contribution in [3.63, 3.8) is 0 Å². The van der Waals surface area contributed by atoms with Crippen LogP contribution in [0.3, 0.4) is 0 Å². The molecule has 1 fully saturated rings. The van der Waals surface area contributed by atoms with E-state index in [0.717, 1.165) is 18.4 Å². The number of nitrogens with zero attached hydrogens (tertiary/aromatic N) is 1. The Labute approximate surface area is 147 Å². The molecule has 0 bridgehead atoms. The molecule has 1 aliphatic rings. The number of rotatable bonds is 9. The van der Waals surface area contributed by atoms with Crippen molar-refractivity contribution in [1.82, 2.24) is 10.2 Å². The van der Waals surface area contributed by atoms with E-state index < -0.39 is 6.61 Å². The molecule has 1 amide bonds. The molecule has 1 N–H and O–H groups in total. The first kappa shape index (κ1) is 19.4. The molecule has 140 valence electrons. The van der Waals surface area contributed by atoms with Crippen LogP contribution in [0.2, 0.25) is 0 Å². The number of methoxy groups -OCH3 is 1. The van der Waals surface area contributed by atoms with Crippen LogP contribution < -0.4 is 14.8 Å². The summed E-state index contributed by atoms with van der Waals surface area (Å²) in [5, 5.41) is 3.07. The minimum atomic E-state index is -2.89.